The molecule has 13 heavy (non-hydrogen) atoms. The van der Waals surface area contributed by atoms with Crippen LogP contribution in [0, 0.1) is 5.92 Å². The van der Waals surface area contributed by atoms with Crippen LogP contribution in [-0.2, 0) is 4.79 Å². The lowest BCUT2D eigenvalue weighted by Gasteiger charge is -2.19. The lowest BCUT2D eigenvalue weighted by molar-refractivity contribution is -0.117. The SMILES string of the molecule is CC(C)C(C)NC(=O)C=C1CCC1. The van der Waals surface area contributed by atoms with E-state index >= 15 is 0 Å². The highest BCUT2D eigenvalue weighted by Gasteiger charge is 2.12. The molecule has 0 aromatic heterocycles. The fourth-order valence-corrected chi connectivity index (χ4v) is 1.14. The second-order valence-electron chi connectivity index (χ2n) is 4.20. The first kappa shape index (κ1) is 10.3. The van der Waals surface area contributed by atoms with Crippen LogP contribution in [0.25, 0.3) is 0 Å². The minimum absolute atomic E-state index is 0.0795. The van der Waals surface area contributed by atoms with Gasteiger partial charge in [-0.25, -0.2) is 0 Å². The molecule has 74 valence electrons. The molecule has 0 aromatic rings. The number of carbonyl (C=O) groups excluding carboxylic acids is 1. The van der Waals surface area contributed by atoms with Crippen molar-refractivity contribution < 1.29 is 4.79 Å². The Morgan fingerprint density at radius 1 is 1.38 bits per heavy atom. The zero-order valence-electron chi connectivity index (χ0n) is 8.76. The van der Waals surface area contributed by atoms with Crippen molar-refractivity contribution in [1.82, 2.24) is 5.32 Å². The molecule has 1 rings (SSSR count). The maximum Gasteiger partial charge on any atom is 0.244 e. The summed E-state index contributed by atoms with van der Waals surface area (Å²) in [5.74, 6) is 0.583. The van der Waals surface area contributed by atoms with E-state index in [-0.39, 0.29) is 11.9 Å². The lowest BCUT2D eigenvalue weighted by atomic mass is 9.92. The van der Waals surface area contributed by atoms with Crippen LogP contribution in [0.2, 0.25) is 0 Å². The van der Waals surface area contributed by atoms with E-state index in [1.807, 2.05) is 6.92 Å². The van der Waals surface area contributed by atoms with E-state index in [2.05, 4.69) is 19.2 Å². The molecule has 2 nitrogen and oxygen atoms in total. The van der Waals surface area contributed by atoms with E-state index in [9.17, 15) is 4.79 Å². The number of amides is 1. The molecule has 2 heteroatoms. The summed E-state index contributed by atoms with van der Waals surface area (Å²) in [5.41, 5.74) is 1.30. The average molecular weight is 181 g/mol. The number of nitrogens with one attached hydrogen (secondary N) is 1. The van der Waals surface area contributed by atoms with E-state index in [0.717, 1.165) is 12.8 Å². The third-order valence-corrected chi connectivity index (χ3v) is 2.70. The van der Waals surface area contributed by atoms with Gasteiger partial charge in [-0.15, -0.1) is 0 Å². The van der Waals surface area contributed by atoms with Crippen molar-refractivity contribution in [2.45, 2.75) is 46.1 Å². The lowest BCUT2D eigenvalue weighted by Crippen LogP contribution is -2.35. The van der Waals surface area contributed by atoms with Gasteiger partial charge in [-0.1, -0.05) is 19.4 Å². The summed E-state index contributed by atoms with van der Waals surface area (Å²) in [6.07, 6.45) is 5.24. The van der Waals surface area contributed by atoms with Crippen LogP contribution in [0.15, 0.2) is 11.6 Å². The first-order valence-electron chi connectivity index (χ1n) is 5.09. The molecule has 1 aliphatic carbocycles. The maximum atomic E-state index is 11.4. The second kappa shape index (κ2) is 4.45. The van der Waals surface area contributed by atoms with Crippen LogP contribution in [0.4, 0.5) is 0 Å². The zero-order chi connectivity index (χ0) is 9.84. The van der Waals surface area contributed by atoms with Crippen molar-refractivity contribution in [2.24, 2.45) is 5.92 Å². The van der Waals surface area contributed by atoms with Gasteiger partial charge in [0.2, 0.25) is 5.91 Å². The van der Waals surface area contributed by atoms with Crippen LogP contribution in [0.5, 0.6) is 0 Å². The van der Waals surface area contributed by atoms with Crippen LogP contribution >= 0.6 is 0 Å². The van der Waals surface area contributed by atoms with Gasteiger partial charge in [0.05, 0.1) is 0 Å². The Labute approximate surface area is 80.4 Å². The van der Waals surface area contributed by atoms with E-state index in [1.54, 1.807) is 6.08 Å². The molecule has 1 unspecified atom stereocenters. The van der Waals surface area contributed by atoms with Gasteiger partial charge < -0.3 is 5.32 Å². The molecule has 0 aliphatic heterocycles. The first-order valence-corrected chi connectivity index (χ1v) is 5.09. The van der Waals surface area contributed by atoms with E-state index < -0.39 is 0 Å². The molecule has 1 aliphatic rings. The van der Waals surface area contributed by atoms with E-state index in [1.165, 1.54) is 12.0 Å². The Morgan fingerprint density at radius 2 is 2.00 bits per heavy atom. The van der Waals surface area contributed by atoms with E-state index in [0.29, 0.717) is 5.92 Å². The standard InChI is InChI=1S/C11H19NO/c1-8(2)9(3)12-11(13)7-10-5-4-6-10/h7-9H,4-6H2,1-3H3,(H,12,13). The van der Waals surface area contributed by atoms with Crippen LogP contribution in [0.3, 0.4) is 0 Å². The minimum atomic E-state index is 0.0795. The molecule has 1 N–H and O–H groups in total. The zero-order valence-corrected chi connectivity index (χ0v) is 8.76. The second-order valence-corrected chi connectivity index (χ2v) is 4.20. The van der Waals surface area contributed by atoms with Crippen molar-refractivity contribution >= 4 is 5.91 Å². The topological polar surface area (TPSA) is 29.1 Å². The van der Waals surface area contributed by atoms with Crippen molar-refractivity contribution in [3.8, 4) is 0 Å². The minimum Gasteiger partial charge on any atom is -0.350 e. The van der Waals surface area contributed by atoms with Crippen molar-refractivity contribution in [1.29, 1.82) is 0 Å². The Hall–Kier alpha value is -0.790. The van der Waals surface area contributed by atoms with Crippen LogP contribution in [0.1, 0.15) is 40.0 Å². The third-order valence-electron chi connectivity index (χ3n) is 2.70. The van der Waals surface area contributed by atoms with Crippen LogP contribution < -0.4 is 5.32 Å². The Morgan fingerprint density at radius 3 is 2.38 bits per heavy atom. The predicted molar refractivity (Wildman–Crippen MR) is 54.4 cm³/mol. The first-order chi connectivity index (χ1) is 6.09. The molecule has 1 fully saturated rings. The highest BCUT2D eigenvalue weighted by molar-refractivity contribution is 5.88. The molecule has 0 radical (unpaired) electrons. The van der Waals surface area contributed by atoms with Gasteiger partial charge in [-0.3, -0.25) is 4.79 Å². The number of carbonyl (C=O) groups is 1. The monoisotopic (exact) mass is 181 g/mol. The van der Waals surface area contributed by atoms with Crippen molar-refractivity contribution in [2.75, 3.05) is 0 Å². The molecule has 0 heterocycles. The smallest absolute Gasteiger partial charge is 0.244 e. The molecule has 1 atom stereocenters. The van der Waals surface area contributed by atoms with Crippen molar-refractivity contribution in [3.63, 3.8) is 0 Å². The summed E-state index contributed by atoms with van der Waals surface area (Å²) in [5, 5.41) is 2.96. The molecular formula is C11H19NO. The summed E-state index contributed by atoms with van der Waals surface area (Å²) >= 11 is 0. The predicted octanol–water partition coefficient (Wildman–Crippen LogP) is 2.26. The summed E-state index contributed by atoms with van der Waals surface area (Å²) in [6, 6.07) is 0.268. The van der Waals surface area contributed by atoms with Gasteiger partial charge in [-0.05, 0) is 32.1 Å². The Kier molecular flexibility index (Phi) is 3.52. The number of rotatable bonds is 3. The van der Waals surface area contributed by atoms with Gasteiger partial charge in [0.1, 0.15) is 0 Å². The van der Waals surface area contributed by atoms with Crippen LogP contribution in [-0.4, -0.2) is 11.9 Å². The van der Waals surface area contributed by atoms with Gasteiger partial charge in [0.25, 0.3) is 0 Å². The highest BCUT2D eigenvalue weighted by Crippen LogP contribution is 2.24. The molecule has 0 saturated heterocycles. The highest BCUT2D eigenvalue weighted by atomic mass is 16.1. The molecule has 0 bridgehead atoms. The Bertz CT molecular complexity index is 212. The summed E-state index contributed by atoms with van der Waals surface area (Å²) in [7, 11) is 0. The van der Waals surface area contributed by atoms with Crippen molar-refractivity contribution in [3.05, 3.63) is 11.6 Å². The summed E-state index contributed by atoms with van der Waals surface area (Å²) < 4.78 is 0. The van der Waals surface area contributed by atoms with E-state index in [4.69, 9.17) is 0 Å². The molecule has 1 saturated carbocycles. The third kappa shape index (κ3) is 3.21. The number of allylic oxidation sites excluding steroid dienone is 1. The molecule has 0 spiro atoms. The summed E-state index contributed by atoms with van der Waals surface area (Å²) in [6.45, 7) is 6.27. The van der Waals surface area contributed by atoms with Gasteiger partial charge in [0.15, 0.2) is 0 Å². The average Bonchev–Trinajstić information content (AvgIpc) is 1.96. The fourth-order valence-electron chi connectivity index (χ4n) is 1.14. The number of hydrogen-bond acceptors (Lipinski definition) is 1. The Balaban J connectivity index is 2.32. The normalized spacial score (nSPS) is 18.0. The maximum absolute atomic E-state index is 11.4. The molecule has 0 aromatic carbocycles. The summed E-state index contributed by atoms with van der Waals surface area (Å²) in [4.78, 5) is 11.4. The van der Waals surface area contributed by atoms with Gasteiger partial charge in [-0.2, -0.15) is 0 Å². The van der Waals surface area contributed by atoms with Gasteiger partial charge >= 0.3 is 0 Å². The molecule has 1 amide bonds. The number of hydrogen-bond donors (Lipinski definition) is 1. The fraction of sp³-hybridized carbons (Fsp3) is 0.727. The van der Waals surface area contributed by atoms with Gasteiger partial charge in [0, 0.05) is 12.1 Å². The largest absolute Gasteiger partial charge is 0.350 e. The quantitative estimate of drug-likeness (QED) is 0.665. The molecular weight excluding hydrogens is 162 g/mol.